The Labute approximate surface area is 331 Å². The first kappa shape index (κ1) is 40.9. The molecule has 6 rings (SSSR count). The van der Waals surface area contributed by atoms with Crippen molar-refractivity contribution in [2.75, 3.05) is 12.4 Å². The number of methoxy groups -OCH3 is 1. The molecular weight excluding hydrogens is 780 g/mol. The fourth-order valence-corrected chi connectivity index (χ4v) is 6.98. The Hall–Kier alpha value is -6.75. The molecule has 1 aliphatic carbocycles. The average Bonchev–Trinajstić information content (AvgIpc) is 3.72. The van der Waals surface area contributed by atoms with Gasteiger partial charge < -0.3 is 24.8 Å². The van der Waals surface area contributed by atoms with Gasteiger partial charge in [0.1, 0.15) is 17.9 Å². The molecule has 1 heterocycles. The molecule has 1 aromatic heterocycles. The van der Waals surface area contributed by atoms with E-state index in [1.54, 1.807) is 12.1 Å². The number of amides is 3. The lowest BCUT2D eigenvalue weighted by Gasteiger charge is -2.21. The number of aromatic nitrogens is 2. The van der Waals surface area contributed by atoms with Crippen molar-refractivity contribution in [2.45, 2.75) is 48.9 Å². The van der Waals surface area contributed by atoms with Crippen LogP contribution in [0.25, 0.3) is 17.5 Å². The predicted octanol–water partition coefficient (Wildman–Crippen LogP) is 8.07. The maximum absolute atomic E-state index is 14.0. The molecule has 0 radical (unpaired) electrons. The minimum Gasteiger partial charge on any atom is -0.481 e. The molecule has 1 saturated carbocycles. The van der Waals surface area contributed by atoms with E-state index < -0.39 is 50.6 Å². The van der Waals surface area contributed by atoms with Gasteiger partial charge in [0.15, 0.2) is 5.82 Å². The summed E-state index contributed by atoms with van der Waals surface area (Å²) in [5.74, 6) is -1.02. The molecular formula is C41H36F3N5O8S. The SMILES string of the molecule is C=Cc1ccc(C(NC(=O)OC2CCCC2)C(=O)Nc2cccc(C(=O)NS(=O)(=O)c3ccc(C(F)(F)F)cc3)c2)cc1Oc1cc(OC)nc(-c2ccccc2)n1. The van der Waals surface area contributed by atoms with Crippen molar-refractivity contribution >= 4 is 39.7 Å². The molecule has 3 amide bonds. The molecule has 1 aliphatic rings. The first-order valence-electron chi connectivity index (χ1n) is 17.8. The van der Waals surface area contributed by atoms with E-state index in [0.717, 1.165) is 25.0 Å². The summed E-state index contributed by atoms with van der Waals surface area (Å²) in [6.45, 7) is 3.86. The molecule has 17 heteroatoms. The summed E-state index contributed by atoms with van der Waals surface area (Å²) < 4.78 is 83.7. The quantitative estimate of drug-likeness (QED) is 0.105. The Morgan fingerprint density at radius 1 is 0.879 bits per heavy atom. The molecule has 0 spiro atoms. The number of anilines is 1. The van der Waals surface area contributed by atoms with Gasteiger partial charge in [-0.3, -0.25) is 9.59 Å². The molecule has 0 saturated heterocycles. The van der Waals surface area contributed by atoms with Crippen molar-refractivity contribution in [2.24, 2.45) is 0 Å². The number of rotatable bonds is 13. The number of benzene rings is 4. The lowest BCUT2D eigenvalue weighted by molar-refractivity contribution is -0.137. The number of hydrogen-bond donors (Lipinski definition) is 3. The highest BCUT2D eigenvalue weighted by molar-refractivity contribution is 7.90. The summed E-state index contributed by atoms with van der Waals surface area (Å²) in [6.07, 6.45) is -1.21. The van der Waals surface area contributed by atoms with Gasteiger partial charge >= 0.3 is 12.3 Å². The van der Waals surface area contributed by atoms with Crippen LogP contribution in [0.5, 0.6) is 17.5 Å². The molecule has 3 N–H and O–H groups in total. The Balaban J connectivity index is 1.26. The van der Waals surface area contributed by atoms with Crippen LogP contribution in [0.3, 0.4) is 0 Å². The Morgan fingerprint density at radius 3 is 2.26 bits per heavy atom. The summed E-state index contributed by atoms with van der Waals surface area (Å²) in [5.41, 5.74) is 0.237. The molecule has 58 heavy (non-hydrogen) atoms. The van der Waals surface area contributed by atoms with Gasteiger partial charge in [-0.15, -0.1) is 0 Å². The van der Waals surface area contributed by atoms with Crippen LogP contribution in [0.2, 0.25) is 0 Å². The van der Waals surface area contributed by atoms with Gasteiger partial charge in [-0.1, -0.05) is 61.2 Å². The second-order valence-corrected chi connectivity index (χ2v) is 14.6. The van der Waals surface area contributed by atoms with E-state index in [1.165, 1.54) is 49.6 Å². The number of sulfonamides is 1. The van der Waals surface area contributed by atoms with E-state index in [2.05, 4.69) is 27.2 Å². The van der Waals surface area contributed by atoms with Crippen molar-refractivity contribution in [1.29, 1.82) is 0 Å². The van der Waals surface area contributed by atoms with E-state index in [9.17, 15) is 36.0 Å². The first-order chi connectivity index (χ1) is 27.7. The molecule has 13 nitrogen and oxygen atoms in total. The van der Waals surface area contributed by atoms with Crippen molar-refractivity contribution in [3.05, 3.63) is 132 Å². The molecule has 1 atom stereocenters. The van der Waals surface area contributed by atoms with Gasteiger partial charge in [-0.2, -0.15) is 23.1 Å². The van der Waals surface area contributed by atoms with Crippen LogP contribution < -0.4 is 24.8 Å². The third-order valence-electron chi connectivity index (χ3n) is 8.94. The van der Waals surface area contributed by atoms with Crippen LogP contribution in [-0.4, -0.2) is 49.5 Å². The number of carbonyl (C=O) groups is 3. The van der Waals surface area contributed by atoms with Gasteiger partial charge in [-0.25, -0.2) is 17.9 Å². The zero-order chi connectivity index (χ0) is 41.5. The lowest BCUT2D eigenvalue weighted by atomic mass is 10.0. The van der Waals surface area contributed by atoms with Crippen LogP contribution >= 0.6 is 0 Å². The van der Waals surface area contributed by atoms with E-state index in [1.807, 2.05) is 35.1 Å². The Morgan fingerprint density at radius 2 is 1.59 bits per heavy atom. The predicted molar refractivity (Wildman–Crippen MR) is 206 cm³/mol. The fourth-order valence-electron chi connectivity index (χ4n) is 6.00. The maximum atomic E-state index is 14.0. The van der Waals surface area contributed by atoms with Crippen LogP contribution in [0.15, 0.2) is 115 Å². The third kappa shape index (κ3) is 10.2. The molecule has 1 fully saturated rings. The second kappa shape index (κ2) is 17.6. The third-order valence-corrected chi connectivity index (χ3v) is 10.3. The van der Waals surface area contributed by atoms with Crippen molar-refractivity contribution in [3.8, 4) is 28.9 Å². The van der Waals surface area contributed by atoms with Crippen LogP contribution in [0, 0.1) is 0 Å². The molecule has 0 aliphatic heterocycles. The highest BCUT2D eigenvalue weighted by Gasteiger charge is 2.31. The Bertz CT molecular complexity index is 2430. The maximum Gasteiger partial charge on any atom is 0.416 e. The van der Waals surface area contributed by atoms with E-state index in [4.69, 9.17) is 14.2 Å². The standard InChI is InChI=1S/C41H36F3N5O8S/c1-3-25-16-17-27(23-33(25)57-35-24-34(55-2)46-37(47-35)26-10-5-4-6-11-26)36(48-40(52)56-31-14-7-8-15-31)39(51)45-30-13-9-12-28(22-30)38(50)49-58(53,54)32-20-18-29(19-21-32)41(42,43)44/h3-6,9-13,16-24,31,36H,1,7-8,14-15H2,2H3,(H,45,51)(H,48,52)(H,49,50). The number of carbonyl (C=O) groups excluding carboxylic acids is 3. The minimum absolute atomic E-state index is 0.0428. The molecule has 4 aromatic carbocycles. The topological polar surface area (TPSA) is 175 Å². The lowest BCUT2D eigenvalue weighted by Crippen LogP contribution is -2.38. The smallest absolute Gasteiger partial charge is 0.416 e. The van der Waals surface area contributed by atoms with Crippen molar-refractivity contribution in [3.63, 3.8) is 0 Å². The minimum atomic E-state index is -4.69. The van der Waals surface area contributed by atoms with Gasteiger partial charge in [-0.05, 0) is 79.8 Å². The number of alkyl carbamates (subject to hydrolysis) is 1. The summed E-state index contributed by atoms with van der Waals surface area (Å²) in [7, 11) is -3.13. The number of nitrogens with zero attached hydrogens (tertiary/aromatic N) is 2. The monoisotopic (exact) mass is 815 g/mol. The fraction of sp³-hybridized carbons (Fsp3) is 0.195. The highest BCUT2D eigenvalue weighted by atomic mass is 32.2. The molecule has 300 valence electrons. The van der Waals surface area contributed by atoms with Crippen LogP contribution in [0.1, 0.15) is 58.8 Å². The van der Waals surface area contributed by atoms with Crippen LogP contribution in [0.4, 0.5) is 23.7 Å². The van der Waals surface area contributed by atoms with Gasteiger partial charge in [0.2, 0.25) is 11.8 Å². The van der Waals surface area contributed by atoms with E-state index in [0.29, 0.717) is 41.9 Å². The number of nitrogens with one attached hydrogen (secondary N) is 3. The second-order valence-electron chi connectivity index (χ2n) is 13.0. The summed E-state index contributed by atoms with van der Waals surface area (Å²) in [4.78, 5) is 48.7. The van der Waals surface area contributed by atoms with Gasteiger partial charge in [0.05, 0.1) is 23.6 Å². The van der Waals surface area contributed by atoms with Gasteiger partial charge in [0.25, 0.3) is 21.8 Å². The number of hydrogen-bond acceptors (Lipinski definition) is 10. The molecule has 1 unspecified atom stereocenters. The van der Waals surface area contributed by atoms with Crippen molar-refractivity contribution < 1.29 is 50.2 Å². The number of ether oxygens (including phenoxy) is 3. The zero-order valence-electron chi connectivity index (χ0n) is 30.8. The summed E-state index contributed by atoms with van der Waals surface area (Å²) in [6, 6.07) is 21.8. The molecule has 5 aromatic rings. The van der Waals surface area contributed by atoms with E-state index >= 15 is 0 Å². The first-order valence-corrected chi connectivity index (χ1v) is 19.3. The van der Waals surface area contributed by atoms with Crippen LogP contribution in [-0.2, 0) is 25.7 Å². The largest absolute Gasteiger partial charge is 0.481 e. The van der Waals surface area contributed by atoms with E-state index in [-0.39, 0.29) is 40.4 Å². The van der Waals surface area contributed by atoms with Gasteiger partial charge in [0, 0.05) is 22.4 Å². The molecule has 0 bridgehead atoms. The summed E-state index contributed by atoms with van der Waals surface area (Å²) >= 11 is 0. The number of halogens is 3. The average molecular weight is 816 g/mol. The van der Waals surface area contributed by atoms with Crippen molar-refractivity contribution in [1.82, 2.24) is 20.0 Å². The normalized spacial score (nSPS) is 13.5. The zero-order valence-corrected chi connectivity index (χ0v) is 31.6. The number of alkyl halides is 3. The highest BCUT2D eigenvalue weighted by Crippen LogP contribution is 2.33. The summed E-state index contributed by atoms with van der Waals surface area (Å²) in [5, 5.41) is 5.27. The Kier molecular flexibility index (Phi) is 12.4.